The molecule has 4 nitrogen and oxygen atoms in total. The standard InChI is InChI=1S/C14H18N2O2/c1-3-5-6-9-13(17)16-11-12-8-7-10-15-14(12)18-4-2/h3,5-10H,4,11H2,1-2H3,(H,16,17)/b5-3+,9-6+. The van der Waals surface area contributed by atoms with Crippen LogP contribution in [0.25, 0.3) is 0 Å². The first-order valence-corrected chi connectivity index (χ1v) is 5.91. The van der Waals surface area contributed by atoms with E-state index >= 15 is 0 Å². The van der Waals surface area contributed by atoms with Crippen LogP contribution in [0.3, 0.4) is 0 Å². The summed E-state index contributed by atoms with van der Waals surface area (Å²) in [6, 6.07) is 3.70. The van der Waals surface area contributed by atoms with Crippen molar-refractivity contribution in [3.63, 3.8) is 0 Å². The van der Waals surface area contributed by atoms with E-state index in [1.54, 1.807) is 18.3 Å². The number of pyridine rings is 1. The van der Waals surface area contributed by atoms with Crippen molar-refractivity contribution in [1.29, 1.82) is 0 Å². The fourth-order valence-corrected chi connectivity index (χ4v) is 1.32. The summed E-state index contributed by atoms with van der Waals surface area (Å²) in [5, 5.41) is 2.78. The van der Waals surface area contributed by atoms with Gasteiger partial charge in [0, 0.05) is 24.4 Å². The number of hydrogen-bond donors (Lipinski definition) is 1. The molecule has 0 aromatic carbocycles. The third-order valence-corrected chi connectivity index (χ3v) is 2.14. The van der Waals surface area contributed by atoms with Crippen molar-refractivity contribution in [1.82, 2.24) is 10.3 Å². The largest absolute Gasteiger partial charge is 0.478 e. The van der Waals surface area contributed by atoms with E-state index in [-0.39, 0.29) is 5.91 Å². The Bertz CT molecular complexity index is 439. The second-order valence-electron chi connectivity index (χ2n) is 3.50. The van der Waals surface area contributed by atoms with Crippen LogP contribution in [0, 0.1) is 0 Å². The van der Waals surface area contributed by atoms with Crippen LogP contribution in [0.15, 0.2) is 42.6 Å². The smallest absolute Gasteiger partial charge is 0.244 e. The molecule has 0 bridgehead atoms. The molecule has 0 radical (unpaired) electrons. The Labute approximate surface area is 107 Å². The van der Waals surface area contributed by atoms with E-state index in [0.29, 0.717) is 19.0 Å². The Morgan fingerprint density at radius 2 is 2.33 bits per heavy atom. The van der Waals surface area contributed by atoms with Gasteiger partial charge in [-0.2, -0.15) is 0 Å². The Morgan fingerprint density at radius 1 is 1.50 bits per heavy atom. The zero-order valence-electron chi connectivity index (χ0n) is 10.7. The van der Waals surface area contributed by atoms with Gasteiger partial charge in [-0.15, -0.1) is 0 Å². The molecule has 1 N–H and O–H groups in total. The van der Waals surface area contributed by atoms with Gasteiger partial charge in [0.1, 0.15) is 0 Å². The summed E-state index contributed by atoms with van der Waals surface area (Å²) in [4.78, 5) is 15.6. The summed E-state index contributed by atoms with van der Waals surface area (Å²) >= 11 is 0. The third-order valence-electron chi connectivity index (χ3n) is 2.14. The van der Waals surface area contributed by atoms with Gasteiger partial charge in [0.2, 0.25) is 11.8 Å². The molecule has 4 heteroatoms. The minimum atomic E-state index is -0.139. The van der Waals surface area contributed by atoms with Crippen molar-refractivity contribution >= 4 is 5.91 Å². The minimum Gasteiger partial charge on any atom is -0.478 e. The number of carbonyl (C=O) groups is 1. The lowest BCUT2D eigenvalue weighted by Gasteiger charge is -2.08. The highest BCUT2D eigenvalue weighted by Crippen LogP contribution is 2.13. The molecule has 96 valence electrons. The highest BCUT2D eigenvalue weighted by Gasteiger charge is 2.04. The molecule has 1 rings (SSSR count). The predicted octanol–water partition coefficient (Wildman–Crippen LogP) is 2.23. The lowest BCUT2D eigenvalue weighted by molar-refractivity contribution is -0.116. The molecule has 1 aromatic rings. The van der Waals surface area contributed by atoms with E-state index in [9.17, 15) is 4.79 Å². The predicted molar refractivity (Wildman–Crippen MR) is 71.2 cm³/mol. The van der Waals surface area contributed by atoms with Crippen molar-refractivity contribution < 1.29 is 9.53 Å². The summed E-state index contributed by atoms with van der Waals surface area (Å²) < 4.78 is 5.38. The minimum absolute atomic E-state index is 0.139. The van der Waals surface area contributed by atoms with Crippen LogP contribution in [-0.2, 0) is 11.3 Å². The maximum atomic E-state index is 11.5. The first-order chi connectivity index (χ1) is 8.77. The molecule has 0 atom stereocenters. The fraction of sp³-hybridized carbons (Fsp3) is 0.286. The van der Waals surface area contributed by atoms with Crippen molar-refractivity contribution in [2.75, 3.05) is 6.61 Å². The normalized spacial score (nSPS) is 11.0. The topological polar surface area (TPSA) is 51.2 Å². The molecule has 1 aromatic heterocycles. The first kappa shape index (κ1) is 14.0. The lowest BCUT2D eigenvalue weighted by atomic mass is 10.2. The van der Waals surface area contributed by atoms with Gasteiger partial charge in [-0.25, -0.2) is 4.98 Å². The molecular formula is C14H18N2O2. The zero-order chi connectivity index (χ0) is 13.2. The van der Waals surface area contributed by atoms with Gasteiger partial charge < -0.3 is 10.1 Å². The summed E-state index contributed by atoms with van der Waals surface area (Å²) in [6.07, 6.45) is 8.51. The van der Waals surface area contributed by atoms with Crippen LogP contribution in [0.1, 0.15) is 19.4 Å². The molecule has 1 amide bonds. The third kappa shape index (κ3) is 4.82. The number of ether oxygens (including phenoxy) is 1. The molecular weight excluding hydrogens is 228 g/mol. The quantitative estimate of drug-likeness (QED) is 0.618. The van der Waals surface area contributed by atoms with Crippen LogP contribution >= 0.6 is 0 Å². The lowest BCUT2D eigenvalue weighted by Crippen LogP contribution is -2.20. The average Bonchev–Trinajstić information content (AvgIpc) is 2.38. The molecule has 0 saturated heterocycles. The van der Waals surface area contributed by atoms with Gasteiger partial charge in [-0.1, -0.05) is 24.3 Å². The Balaban J connectivity index is 2.55. The van der Waals surface area contributed by atoms with Crippen LogP contribution < -0.4 is 10.1 Å². The number of hydrogen-bond acceptors (Lipinski definition) is 3. The van der Waals surface area contributed by atoms with E-state index < -0.39 is 0 Å². The van der Waals surface area contributed by atoms with E-state index in [1.165, 1.54) is 6.08 Å². The number of nitrogens with zero attached hydrogens (tertiary/aromatic N) is 1. The number of allylic oxidation sites excluding steroid dienone is 3. The van der Waals surface area contributed by atoms with E-state index in [2.05, 4.69) is 10.3 Å². The fourth-order valence-electron chi connectivity index (χ4n) is 1.32. The van der Waals surface area contributed by atoms with Crippen molar-refractivity contribution in [3.05, 3.63) is 48.2 Å². The Hall–Kier alpha value is -2.10. The summed E-state index contributed by atoms with van der Waals surface area (Å²) in [5.41, 5.74) is 0.868. The molecule has 0 saturated carbocycles. The molecule has 0 unspecified atom stereocenters. The summed E-state index contributed by atoms with van der Waals surface area (Å²) in [7, 11) is 0. The summed E-state index contributed by atoms with van der Waals surface area (Å²) in [5.74, 6) is 0.428. The molecule has 0 aliphatic rings. The SMILES string of the molecule is C/C=C/C=C/C(=O)NCc1cccnc1OCC. The van der Waals surface area contributed by atoms with Crippen molar-refractivity contribution in [2.24, 2.45) is 0 Å². The maximum Gasteiger partial charge on any atom is 0.244 e. The average molecular weight is 246 g/mol. The van der Waals surface area contributed by atoms with Crippen LogP contribution in [0.5, 0.6) is 5.88 Å². The molecule has 0 aliphatic carbocycles. The monoisotopic (exact) mass is 246 g/mol. The second-order valence-corrected chi connectivity index (χ2v) is 3.50. The molecule has 0 fully saturated rings. The van der Waals surface area contributed by atoms with Gasteiger partial charge in [-0.05, 0) is 19.9 Å². The zero-order valence-corrected chi connectivity index (χ0v) is 10.7. The van der Waals surface area contributed by atoms with Gasteiger partial charge in [0.05, 0.1) is 6.61 Å². The molecule has 0 aliphatic heterocycles. The second kappa shape index (κ2) is 8.06. The number of nitrogens with one attached hydrogen (secondary N) is 1. The van der Waals surface area contributed by atoms with Crippen LogP contribution in [0.2, 0.25) is 0 Å². The number of amides is 1. The highest BCUT2D eigenvalue weighted by atomic mass is 16.5. The van der Waals surface area contributed by atoms with Crippen molar-refractivity contribution in [2.45, 2.75) is 20.4 Å². The summed E-state index contributed by atoms with van der Waals surface area (Å²) in [6.45, 7) is 4.75. The van der Waals surface area contributed by atoms with E-state index in [1.807, 2.05) is 32.1 Å². The van der Waals surface area contributed by atoms with Gasteiger partial charge in [0.25, 0.3) is 0 Å². The van der Waals surface area contributed by atoms with Crippen LogP contribution in [0.4, 0.5) is 0 Å². The number of aromatic nitrogens is 1. The van der Waals surface area contributed by atoms with Gasteiger partial charge in [-0.3, -0.25) is 4.79 Å². The number of carbonyl (C=O) groups excluding carboxylic acids is 1. The highest BCUT2D eigenvalue weighted by molar-refractivity contribution is 5.87. The van der Waals surface area contributed by atoms with Crippen LogP contribution in [-0.4, -0.2) is 17.5 Å². The van der Waals surface area contributed by atoms with Gasteiger partial charge in [0.15, 0.2) is 0 Å². The molecule has 0 spiro atoms. The number of rotatable bonds is 6. The van der Waals surface area contributed by atoms with E-state index in [0.717, 1.165) is 5.56 Å². The molecule has 18 heavy (non-hydrogen) atoms. The maximum absolute atomic E-state index is 11.5. The van der Waals surface area contributed by atoms with Gasteiger partial charge >= 0.3 is 0 Å². The van der Waals surface area contributed by atoms with E-state index in [4.69, 9.17) is 4.74 Å². The Morgan fingerprint density at radius 3 is 3.06 bits per heavy atom. The molecule has 1 heterocycles. The Kier molecular flexibility index (Phi) is 6.25. The van der Waals surface area contributed by atoms with Crippen molar-refractivity contribution in [3.8, 4) is 5.88 Å². The first-order valence-electron chi connectivity index (χ1n) is 5.91.